The average Bonchev–Trinajstić information content (AvgIpc) is 2.92. The minimum atomic E-state index is 0. The van der Waals surface area contributed by atoms with Crippen LogP contribution in [0.2, 0.25) is 0 Å². The molecule has 0 spiro atoms. The molecule has 3 heteroatoms. The fourth-order valence-electron chi connectivity index (χ4n) is 3.95. The first-order valence-electron chi connectivity index (χ1n) is 9.70. The van der Waals surface area contributed by atoms with Crippen molar-refractivity contribution >= 4 is 0 Å². The van der Waals surface area contributed by atoms with Crippen molar-refractivity contribution in [2.75, 3.05) is 0 Å². The molecule has 0 unspecified atom stereocenters. The summed E-state index contributed by atoms with van der Waals surface area (Å²) in [5, 5.41) is 5.09. The summed E-state index contributed by atoms with van der Waals surface area (Å²) in [5.74, 6) is 0.853. The van der Waals surface area contributed by atoms with Crippen LogP contribution in [0.3, 0.4) is 0 Å². The zero-order chi connectivity index (χ0) is 19.2. The van der Waals surface area contributed by atoms with Gasteiger partial charge in [0.25, 0.3) is 0 Å². The number of aromatic nitrogens is 2. The van der Waals surface area contributed by atoms with Crippen LogP contribution in [-0.2, 0) is 21.1 Å². The number of nitrogens with zero attached hydrogens (tertiary/aromatic N) is 2. The second-order valence-corrected chi connectivity index (χ2v) is 8.49. The molecule has 1 heterocycles. The smallest absolute Gasteiger partial charge is 0.0731 e. The predicted molar refractivity (Wildman–Crippen MR) is 110 cm³/mol. The fraction of sp³-hybridized carbons (Fsp3) is 0.609. The molecule has 0 aliphatic carbocycles. The Morgan fingerprint density at radius 2 is 1.04 bits per heavy atom. The standard InChI is InChI=1S/C23H36N2.Pt/c1-12(2)22-21(23(13(3)4)25(24-22)14(5)6)20-18(10)16(8)15(7)17(9)19(20)11;/h12-14H,1-11H3;. The molecule has 2 nitrogen and oxygen atoms in total. The molecular formula is C23H36N2Pt. The third-order valence-electron chi connectivity index (χ3n) is 5.81. The maximum atomic E-state index is 5.09. The number of benzene rings is 1. The normalized spacial score (nSPS) is 11.6. The van der Waals surface area contributed by atoms with E-state index in [1.807, 2.05) is 0 Å². The largest absolute Gasteiger partial charge is 0.266 e. The summed E-state index contributed by atoms with van der Waals surface area (Å²) in [4.78, 5) is 0. The zero-order valence-corrected chi connectivity index (χ0v) is 20.7. The van der Waals surface area contributed by atoms with Crippen LogP contribution in [0, 0.1) is 34.6 Å². The Morgan fingerprint density at radius 3 is 1.38 bits per heavy atom. The maximum Gasteiger partial charge on any atom is 0.0731 e. The summed E-state index contributed by atoms with van der Waals surface area (Å²) in [6, 6.07) is 0.372. The van der Waals surface area contributed by atoms with Gasteiger partial charge in [0.2, 0.25) is 0 Å². The van der Waals surface area contributed by atoms with E-state index >= 15 is 0 Å². The Bertz CT molecular complexity index is 766. The Labute approximate surface area is 175 Å². The molecule has 148 valence electrons. The van der Waals surface area contributed by atoms with Crippen LogP contribution in [0.25, 0.3) is 11.1 Å². The van der Waals surface area contributed by atoms with Crippen LogP contribution in [0.15, 0.2) is 0 Å². The minimum Gasteiger partial charge on any atom is -0.266 e. The molecule has 0 amide bonds. The van der Waals surface area contributed by atoms with Crippen LogP contribution in [-0.4, -0.2) is 9.78 Å². The molecule has 0 saturated carbocycles. The van der Waals surface area contributed by atoms with Gasteiger partial charge < -0.3 is 0 Å². The summed E-state index contributed by atoms with van der Waals surface area (Å²) in [6.07, 6.45) is 0. The molecule has 1 aromatic carbocycles. The molecule has 1 aromatic heterocycles. The van der Waals surface area contributed by atoms with E-state index < -0.39 is 0 Å². The Morgan fingerprint density at radius 1 is 0.615 bits per heavy atom. The van der Waals surface area contributed by atoms with Gasteiger partial charge in [-0.1, -0.05) is 27.7 Å². The Balaban J connectivity index is 0.00000338. The van der Waals surface area contributed by atoms with Crippen molar-refractivity contribution in [1.29, 1.82) is 0 Å². The van der Waals surface area contributed by atoms with Crippen molar-refractivity contribution in [2.24, 2.45) is 0 Å². The van der Waals surface area contributed by atoms with Crippen LogP contribution >= 0.6 is 0 Å². The molecule has 0 atom stereocenters. The van der Waals surface area contributed by atoms with Gasteiger partial charge >= 0.3 is 0 Å². The second-order valence-electron chi connectivity index (χ2n) is 8.49. The van der Waals surface area contributed by atoms with Crippen molar-refractivity contribution < 1.29 is 21.1 Å². The van der Waals surface area contributed by atoms with E-state index in [9.17, 15) is 0 Å². The van der Waals surface area contributed by atoms with Gasteiger partial charge in [0.1, 0.15) is 0 Å². The first-order valence-corrected chi connectivity index (χ1v) is 9.70. The van der Waals surface area contributed by atoms with Gasteiger partial charge in [-0.3, -0.25) is 4.68 Å². The predicted octanol–water partition coefficient (Wildman–Crippen LogP) is 6.92. The molecule has 0 bridgehead atoms. The van der Waals surface area contributed by atoms with Crippen molar-refractivity contribution in [3.05, 3.63) is 39.2 Å². The minimum absolute atomic E-state index is 0. The van der Waals surface area contributed by atoms with Crippen LogP contribution in [0.5, 0.6) is 0 Å². The van der Waals surface area contributed by atoms with Gasteiger partial charge in [-0.05, 0) is 93.7 Å². The van der Waals surface area contributed by atoms with E-state index in [4.69, 9.17) is 5.10 Å². The molecule has 0 fully saturated rings. The first-order chi connectivity index (χ1) is 11.5. The number of hydrogen-bond donors (Lipinski definition) is 0. The van der Waals surface area contributed by atoms with Crippen LogP contribution in [0.4, 0.5) is 0 Å². The molecule has 2 aromatic rings. The van der Waals surface area contributed by atoms with E-state index in [1.165, 1.54) is 50.3 Å². The number of hydrogen-bond acceptors (Lipinski definition) is 1. The van der Waals surface area contributed by atoms with Gasteiger partial charge in [0.05, 0.1) is 5.69 Å². The molecule has 0 N–H and O–H groups in total. The third-order valence-corrected chi connectivity index (χ3v) is 5.81. The second kappa shape index (κ2) is 8.42. The van der Waals surface area contributed by atoms with Gasteiger partial charge in [-0.25, -0.2) is 0 Å². The summed E-state index contributed by atoms with van der Waals surface area (Å²) in [5.41, 5.74) is 12.5. The summed E-state index contributed by atoms with van der Waals surface area (Å²) >= 11 is 0. The van der Waals surface area contributed by atoms with Gasteiger partial charge in [0.15, 0.2) is 0 Å². The molecule has 26 heavy (non-hydrogen) atoms. The van der Waals surface area contributed by atoms with Crippen molar-refractivity contribution in [1.82, 2.24) is 9.78 Å². The summed E-state index contributed by atoms with van der Waals surface area (Å²) in [7, 11) is 0. The van der Waals surface area contributed by atoms with Crippen LogP contribution in [0.1, 0.15) is 98.6 Å². The van der Waals surface area contributed by atoms with E-state index in [0.29, 0.717) is 17.9 Å². The van der Waals surface area contributed by atoms with Gasteiger partial charge in [-0.2, -0.15) is 5.10 Å². The first kappa shape index (κ1) is 23.2. The molecular weight excluding hydrogens is 499 g/mol. The van der Waals surface area contributed by atoms with Gasteiger partial charge in [-0.15, -0.1) is 0 Å². The van der Waals surface area contributed by atoms with Crippen LogP contribution < -0.4 is 0 Å². The molecule has 0 radical (unpaired) electrons. The average molecular weight is 536 g/mol. The third kappa shape index (κ3) is 3.72. The van der Waals surface area contributed by atoms with Crippen molar-refractivity contribution in [3.63, 3.8) is 0 Å². The number of rotatable bonds is 4. The maximum absolute atomic E-state index is 5.09. The fourth-order valence-corrected chi connectivity index (χ4v) is 3.95. The van der Waals surface area contributed by atoms with Crippen molar-refractivity contribution in [3.8, 4) is 11.1 Å². The Hall–Kier alpha value is -0.882. The summed E-state index contributed by atoms with van der Waals surface area (Å²) < 4.78 is 2.26. The monoisotopic (exact) mass is 535 g/mol. The Kier molecular flexibility index (Phi) is 7.50. The van der Waals surface area contributed by atoms with E-state index in [0.717, 1.165) is 0 Å². The van der Waals surface area contributed by atoms with Crippen molar-refractivity contribution in [2.45, 2.75) is 94.0 Å². The topological polar surface area (TPSA) is 17.8 Å². The SMILES string of the molecule is Cc1c(C)c(C)c(-c2c(C(C)C)nn(C(C)C)c2C(C)C)c(C)c1C.[Pt]. The van der Waals surface area contributed by atoms with E-state index in [1.54, 1.807) is 0 Å². The molecule has 2 rings (SSSR count). The molecule has 0 aliphatic heterocycles. The zero-order valence-electron chi connectivity index (χ0n) is 18.4. The molecule has 0 saturated heterocycles. The quantitative estimate of drug-likeness (QED) is 0.416. The van der Waals surface area contributed by atoms with Gasteiger partial charge in [0, 0.05) is 38.4 Å². The molecule has 0 aliphatic rings. The van der Waals surface area contributed by atoms with E-state index in [-0.39, 0.29) is 21.1 Å². The summed E-state index contributed by atoms with van der Waals surface area (Å²) in [6.45, 7) is 24.9. The van der Waals surface area contributed by atoms with E-state index in [2.05, 4.69) is 80.8 Å².